The number of benzene rings is 3. The third kappa shape index (κ3) is 4.65. The van der Waals surface area contributed by atoms with Crippen LogP contribution < -0.4 is 9.64 Å². The predicted molar refractivity (Wildman–Crippen MR) is 119 cm³/mol. The molecule has 4 aromatic rings. The van der Waals surface area contributed by atoms with E-state index in [0.29, 0.717) is 23.0 Å². The highest BCUT2D eigenvalue weighted by Gasteiger charge is 2.20. The fourth-order valence-corrected chi connectivity index (χ4v) is 4.05. The van der Waals surface area contributed by atoms with Crippen LogP contribution in [0, 0.1) is 11.3 Å². The molecule has 148 valence electrons. The Morgan fingerprint density at radius 3 is 2.47 bits per heavy atom. The Kier molecular flexibility index (Phi) is 6.02. The van der Waals surface area contributed by atoms with Gasteiger partial charge in [-0.3, -0.25) is 9.69 Å². The van der Waals surface area contributed by atoms with Crippen molar-refractivity contribution in [3.8, 4) is 11.8 Å². The predicted octanol–water partition coefficient (Wildman–Crippen LogP) is 4.82. The van der Waals surface area contributed by atoms with Gasteiger partial charge in [0.05, 0.1) is 21.8 Å². The lowest BCUT2D eigenvalue weighted by Crippen LogP contribution is -2.36. The topological polar surface area (TPSA) is 66.2 Å². The van der Waals surface area contributed by atoms with Gasteiger partial charge in [-0.05, 0) is 48.4 Å². The molecule has 0 unspecified atom stereocenters. The zero-order chi connectivity index (χ0) is 20.8. The van der Waals surface area contributed by atoms with Crippen molar-refractivity contribution in [1.82, 2.24) is 4.98 Å². The molecule has 0 aliphatic carbocycles. The molecular weight excluding hydrogens is 394 g/mol. The number of anilines is 1. The van der Waals surface area contributed by atoms with Crippen molar-refractivity contribution in [2.45, 2.75) is 6.42 Å². The Hall–Kier alpha value is -3.69. The lowest BCUT2D eigenvalue weighted by Gasteiger charge is -2.20. The molecule has 1 aromatic heterocycles. The molecule has 30 heavy (non-hydrogen) atoms. The lowest BCUT2D eigenvalue weighted by molar-refractivity contribution is -0.120. The molecule has 0 fully saturated rings. The van der Waals surface area contributed by atoms with E-state index in [1.807, 2.05) is 54.6 Å². The van der Waals surface area contributed by atoms with Gasteiger partial charge in [0.2, 0.25) is 0 Å². The molecule has 0 bridgehead atoms. The summed E-state index contributed by atoms with van der Waals surface area (Å²) in [7, 11) is 0. The number of carbonyl (C=O) groups excluding carboxylic acids is 1. The maximum absolute atomic E-state index is 13.1. The second-order valence-corrected chi connectivity index (χ2v) is 7.68. The van der Waals surface area contributed by atoms with Crippen molar-refractivity contribution in [2.24, 2.45) is 0 Å². The number of hydrogen-bond acceptors (Lipinski definition) is 5. The van der Waals surface area contributed by atoms with Crippen LogP contribution in [0.3, 0.4) is 0 Å². The molecule has 0 aliphatic rings. The number of carbonyl (C=O) groups is 1. The smallest absolute Gasteiger partial charge is 0.266 e. The van der Waals surface area contributed by atoms with Crippen LogP contribution in [0.2, 0.25) is 0 Å². The van der Waals surface area contributed by atoms with Gasteiger partial charge in [0.15, 0.2) is 11.7 Å². The minimum atomic E-state index is -0.158. The highest BCUT2D eigenvalue weighted by Crippen LogP contribution is 2.29. The second kappa shape index (κ2) is 9.21. The lowest BCUT2D eigenvalue weighted by atomic mass is 10.1. The van der Waals surface area contributed by atoms with Crippen molar-refractivity contribution in [1.29, 1.82) is 5.26 Å². The molecule has 0 saturated carbocycles. The van der Waals surface area contributed by atoms with E-state index in [4.69, 9.17) is 10.00 Å². The summed E-state index contributed by atoms with van der Waals surface area (Å²) >= 11 is 1.50. The van der Waals surface area contributed by atoms with Crippen molar-refractivity contribution in [3.05, 3.63) is 90.0 Å². The normalized spacial score (nSPS) is 10.5. The fraction of sp³-hybridized carbons (Fsp3) is 0.125. The van der Waals surface area contributed by atoms with E-state index < -0.39 is 0 Å². The Morgan fingerprint density at radius 2 is 1.73 bits per heavy atom. The van der Waals surface area contributed by atoms with Crippen LogP contribution in [0.5, 0.6) is 5.75 Å². The summed E-state index contributed by atoms with van der Waals surface area (Å²) in [4.78, 5) is 19.4. The molecule has 0 spiro atoms. The Morgan fingerprint density at radius 1 is 1.00 bits per heavy atom. The van der Waals surface area contributed by atoms with Crippen LogP contribution in [-0.4, -0.2) is 24.0 Å². The van der Waals surface area contributed by atoms with Gasteiger partial charge in [-0.15, -0.1) is 0 Å². The highest BCUT2D eigenvalue weighted by atomic mass is 32.1. The molecule has 1 amide bonds. The molecule has 4 rings (SSSR count). The van der Waals surface area contributed by atoms with Crippen LogP contribution in [0.15, 0.2) is 78.9 Å². The third-order valence-electron chi connectivity index (χ3n) is 4.63. The summed E-state index contributed by atoms with van der Waals surface area (Å²) in [5, 5.41) is 9.57. The molecule has 1 heterocycles. The maximum atomic E-state index is 13.1. The summed E-state index contributed by atoms with van der Waals surface area (Å²) in [6, 6.07) is 26.7. The average Bonchev–Trinajstić information content (AvgIpc) is 3.22. The van der Waals surface area contributed by atoms with Gasteiger partial charge >= 0.3 is 0 Å². The highest BCUT2D eigenvalue weighted by molar-refractivity contribution is 7.22. The number of nitriles is 1. The quantitative estimate of drug-likeness (QED) is 0.436. The monoisotopic (exact) mass is 413 g/mol. The minimum Gasteiger partial charge on any atom is -0.484 e. The zero-order valence-corrected chi connectivity index (χ0v) is 17.0. The Labute approximate surface area is 178 Å². The first-order valence-corrected chi connectivity index (χ1v) is 10.4. The number of fused-ring (bicyclic) bond motifs is 1. The molecule has 0 radical (unpaired) electrons. The average molecular weight is 414 g/mol. The van der Waals surface area contributed by atoms with Gasteiger partial charge in [-0.25, -0.2) is 4.98 Å². The summed E-state index contributed by atoms with van der Waals surface area (Å²) in [6.45, 7) is 0.413. The molecule has 5 nitrogen and oxygen atoms in total. The van der Waals surface area contributed by atoms with Gasteiger partial charge < -0.3 is 4.74 Å². The van der Waals surface area contributed by atoms with Crippen molar-refractivity contribution < 1.29 is 9.53 Å². The molecular formula is C24H19N3O2S. The van der Waals surface area contributed by atoms with Crippen molar-refractivity contribution in [2.75, 3.05) is 18.1 Å². The summed E-state index contributed by atoms with van der Waals surface area (Å²) in [5.41, 5.74) is 2.58. The van der Waals surface area contributed by atoms with Crippen LogP contribution in [0.25, 0.3) is 10.2 Å². The van der Waals surface area contributed by atoms with E-state index in [9.17, 15) is 4.79 Å². The maximum Gasteiger partial charge on any atom is 0.266 e. The van der Waals surface area contributed by atoms with E-state index >= 15 is 0 Å². The molecule has 0 N–H and O–H groups in total. The Bertz CT molecular complexity index is 1150. The van der Waals surface area contributed by atoms with E-state index in [2.05, 4.69) is 11.1 Å². The van der Waals surface area contributed by atoms with E-state index in [1.165, 1.54) is 11.3 Å². The molecule has 6 heteroatoms. The van der Waals surface area contributed by atoms with E-state index in [0.717, 1.165) is 22.2 Å². The van der Waals surface area contributed by atoms with Crippen LogP contribution in [0.4, 0.5) is 5.13 Å². The minimum absolute atomic E-state index is 0.101. The SMILES string of the molecule is N#Cc1ccc(OCC(=O)N(CCc2ccccc2)c2nc3ccccc3s2)cc1. The Balaban J connectivity index is 1.52. The van der Waals surface area contributed by atoms with Crippen molar-refractivity contribution in [3.63, 3.8) is 0 Å². The molecule has 3 aromatic carbocycles. The number of ether oxygens (including phenoxy) is 1. The molecule has 0 atom stereocenters. The number of amides is 1. The van der Waals surface area contributed by atoms with E-state index in [-0.39, 0.29) is 12.5 Å². The number of aromatic nitrogens is 1. The van der Waals surface area contributed by atoms with Crippen LogP contribution in [0.1, 0.15) is 11.1 Å². The summed E-state index contributed by atoms with van der Waals surface area (Å²) in [5.74, 6) is 0.393. The second-order valence-electron chi connectivity index (χ2n) is 6.67. The number of hydrogen-bond donors (Lipinski definition) is 0. The third-order valence-corrected chi connectivity index (χ3v) is 5.69. The standard InChI is InChI=1S/C24H19N3O2S/c25-16-19-10-12-20(13-11-19)29-17-23(28)27(15-14-18-6-2-1-3-7-18)24-26-21-8-4-5-9-22(21)30-24/h1-13H,14-15,17H2. The van der Waals surface area contributed by atoms with Gasteiger partial charge in [0.1, 0.15) is 5.75 Å². The van der Waals surface area contributed by atoms with Gasteiger partial charge in [-0.2, -0.15) is 5.26 Å². The van der Waals surface area contributed by atoms with Crippen LogP contribution >= 0.6 is 11.3 Å². The zero-order valence-electron chi connectivity index (χ0n) is 16.2. The fourth-order valence-electron chi connectivity index (χ4n) is 3.04. The molecule has 0 aliphatic heterocycles. The number of nitrogens with zero attached hydrogens (tertiary/aromatic N) is 3. The van der Waals surface area contributed by atoms with Gasteiger partial charge in [-0.1, -0.05) is 53.8 Å². The van der Waals surface area contributed by atoms with Gasteiger partial charge in [0.25, 0.3) is 5.91 Å². The van der Waals surface area contributed by atoms with Gasteiger partial charge in [0, 0.05) is 6.54 Å². The first-order chi connectivity index (χ1) is 14.7. The van der Waals surface area contributed by atoms with Crippen molar-refractivity contribution >= 4 is 32.6 Å². The summed E-state index contributed by atoms with van der Waals surface area (Å²) < 4.78 is 6.71. The summed E-state index contributed by atoms with van der Waals surface area (Å²) in [6.07, 6.45) is 0.722. The largest absolute Gasteiger partial charge is 0.484 e. The number of rotatable bonds is 7. The molecule has 0 saturated heterocycles. The first-order valence-electron chi connectivity index (χ1n) is 9.56. The van der Waals surface area contributed by atoms with Crippen LogP contribution in [-0.2, 0) is 11.2 Å². The number of thiazole rings is 1. The number of para-hydroxylation sites is 1. The first kappa shape index (κ1) is 19.6. The van der Waals surface area contributed by atoms with E-state index in [1.54, 1.807) is 29.2 Å².